The molecule has 5 nitrogen and oxygen atoms in total. The van der Waals surface area contributed by atoms with Crippen LogP contribution in [0.5, 0.6) is 5.75 Å². The Kier molecular flexibility index (Phi) is 3.79. The summed E-state index contributed by atoms with van der Waals surface area (Å²) >= 11 is 0. The van der Waals surface area contributed by atoms with Crippen LogP contribution in [0.25, 0.3) is 0 Å². The third-order valence-electron chi connectivity index (χ3n) is 3.25. The molecular formula is C15H17NO4. The minimum atomic E-state index is -1.12. The molecule has 0 spiro atoms. The van der Waals surface area contributed by atoms with Crippen LogP contribution >= 0.6 is 0 Å². The first-order valence-corrected chi connectivity index (χ1v) is 6.29. The van der Waals surface area contributed by atoms with E-state index in [0.29, 0.717) is 5.69 Å². The number of carbonyl (C=O) groups is 1. The second-order valence-corrected chi connectivity index (χ2v) is 4.77. The van der Waals surface area contributed by atoms with Gasteiger partial charge in [-0.3, -0.25) is 0 Å². The summed E-state index contributed by atoms with van der Waals surface area (Å²) in [6.07, 6.45) is 0. The summed E-state index contributed by atoms with van der Waals surface area (Å²) in [6.45, 7) is 7.67. The number of carboxylic acid groups (broad SMARTS) is 1. The van der Waals surface area contributed by atoms with Gasteiger partial charge in [0, 0.05) is 0 Å². The van der Waals surface area contributed by atoms with Crippen LogP contribution in [0.3, 0.4) is 0 Å². The fourth-order valence-corrected chi connectivity index (χ4v) is 1.99. The summed E-state index contributed by atoms with van der Waals surface area (Å²) in [5, 5.41) is 8.91. The molecule has 2 rings (SSSR count). The summed E-state index contributed by atoms with van der Waals surface area (Å²) in [4.78, 5) is 14.9. The van der Waals surface area contributed by atoms with Gasteiger partial charge in [-0.2, -0.15) is 0 Å². The molecule has 0 aliphatic rings. The molecule has 5 heteroatoms. The molecule has 20 heavy (non-hydrogen) atoms. The molecule has 1 aromatic carbocycles. The average Bonchev–Trinajstić information content (AvgIpc) is 2.75. The van der Waals surface area contributed by atoms with Gasteiger partial charge < -0.3 is 14.3 Å². The van der Waals surface area contributed by atoms with Crippen LogP contribution in [0.15, 0.2) is 16.5 Å². The molecule has 0 saturated carbocycles. The highest BCUT2D eigenvalue weighted by Crippen LogP contribution is 2.26. The predicted octanol–water partition coefficient (Wildman–Crippen LogP) is 3.19. The van der Waals surface area contributed by atoms with Crippen molar-refractivity contribution in [3.63, 3.8) is 0 Å². The number of rotatable bonds is 4. The Morgan fingerprint density at radius 1 is 1.25 bits per heavy atom. The molecule has 1 heterocycles. The molecular weight excluding hydrogens is 258 g/mol. The molecule has 0 saturated heterocycles. The van der Waals surface area contributed by atoms with Crippen molar-refractivity contribution in [3.8, 4) is 5.75 Å². The molecule has 0 fully saturated rings. The largest absolute Gasteiger partial charge is 0.483 e. The summed E-state index contributed by atoms with van der Waals surface area (Å²) in [5.41, 5.74) is 3.58. The highest BCUT2D eigenvalue weighted by molar-refractivity contribution is 5.85. The monoisotopic (exact) mass is 275 g/mol. The fraction of sp³-hybridized carbons (Fsp3) is 0.333. The second-order valence-electron chi connectivity index (χ2n) is 4.77. The van der Waals surface area contributed by atoms with E-state index in [4.69, 9.17) is 14.3 Å². The van der Waals surface area contributed by atoms with Crippen molar-refractivity contribution in [2.24, 2.45) is 0 Å². The molecule has 0 atom stereocenters. The predicted molar refractivity (Wildman–Crippen MR) is 73.2 cm³/mol. The number of hydrogen-bond acceptors (Lipinski definition) is 4. The maximum Gasteiger partial charge on any atom is 0.373 e. The molecule has 0 amide bonds. The van der Waals surface area contributed by atoms with E-state index in [1.807, 2.05) is 32.9 Å². The van der Waals surface area contributed by atoms with Crippen molar-refractivity contribution < 1.29 is 19.1 Å². The minimum Gasteiger partial charge on any atom is -0.483 e. The van der Waals surface area contributed by atoms with Gasteiger partial charge in [-0.1, -0.05) is 12.1 Å². The minimum absolute atomic E-state index is 0.110. The van der Waals surface area contributed by atoms with Crippen LogP contribution in [-0.2, 0) is 6.61 Å². The Morgan fingerprint density at radius 2 is 1.90 bits per heavy atom. The number of benzene rings is 1. The van der Waals surface area contributed by atoms with Crippen LogP contribution < -0.4 is 4.74 Å². The van der Waals surface area contributed by atoms with E-state index < -0.39 is 5.97 Å². The normalized spacial score (nSPS) is 10.6. The first kappa shape index (κ1) is 14.1. The topological polar surface area (TPSA) is 72.6 Å². The lowest BCUT2D eigenvalue weighted by molar-refractivity contribution is 0.0657. The lowest BCUT2D eigenvalue weighted by Gasteiger charge is -2.12. The van der Waals surface area contributed by atoms with Crippen LogP contribution in [0.1, 0.15) is 38.8 Å². The zero-order chi connectivity index (χ0) is 14.9. The van der Waals surface area contributed by atoms with Gasteiger partial charge in [0.05, 0.1) is 5.69 Å². The highest BCUT2D eigenvalue weighted by Gasteiger charge is 2.17. The van der Waals surface area contributed by atoms with Crippen molar-refractivity contribution in [1.29, 1.82) is 0 Å². The van der Waals surface area contributed by atoms with Crippen molar-refractivity contribution in [1.82, 2.24) is 4.98 Å². The van der Waals surface area contributed by atoms with Crippen molar-refractivity contribution in [3.05, 3.63) is 46.2 Å². The standard InChI is InChI=1S/C15H17NO4/c1-8-5-6-9(2)13(10(8)3)19-7-12-16-11(4)14(20-12)15(17)18/h5-6H,7H2,1-4H3,(H,17,18). The number of oxazole rings is 1. The Bertz CT molecular complexity index is 658. The molecule has 2 aromatic rings. The van der Waals surface area contributed by atoms with E-state index in [1.165, 1.54) is 0 Å². The van der Waals surface area contributed by atoms with Gasteiger partial charge in [0.25, 0.3) is 0 Å². The van der Waals surface area contributed by atoms with E-state index in [0.717, 1.165) is 22.4 Å². The first-order valence-electron chi connectivity index (χ1n) is 6.29. The number of nitrogens with zero attached hydrogens (tertiary/aromatic N) is 1. The van der Waals surface area contributed by atoms with Crippen LogP contribution in [-0.4, -0.2) is 16.1 Å². The van der Waals surface area contributed by atoms with Gasteiger partial charge in [0.15, 0.2) is 6.61 Å². The van der Waals surface area contributed by atoms with Gasteiger partial charge in [-0.05, 0) is 44.4 Å². The third-order valence-corrected chi connectivity index (χ3v) is 3.25. The quantitative estimate of drug-likeness (QED) is 0.927. The van der Waals surface area contributed by atoms with E-state index in [1.54, 1.807) is 6.92 Å². The number of aromatic carboxylic acids is 1. The Labute approximate surface area is 117 Å². The Balaban J connectivity index is 2.19. The van der Waals surface area contributed by atoms with Gasteiger partial charge in [0.1, 0.15) is 5.75 Å². The van der Waals surface area contributed by atoms with Crippen molar-refractivity contribution in [2.75, 3.05) is 0 Å². The smallest absolute Gasteiger partial charge is 0.373 e. The highest BCUT2D eigenvalue weighted by atomic mass is 16.5. The number of ether oxygens (including phenoxy) is 1. The SMILES string of the molecule is Cc1ccc(C)c(OCc2nc(C)c(C(=O)O)o2)c1C. The van der Waals surface area contributed by atoms with Crippen LogP contribution in [0.2, 0.25) is 0 Å². The number of carboxylic acids is 1. The summed E-state index contributed by atoms with van der Waals surface area (Å²) in [7, 11) is 0. The van der Waals surface area contributed by atoms with Gasteiger partial charge in [-0.15, -0.1) is 0 Å². The first-order chi connectivity index (χ1) is 9.40. The molecule has 1 aromatic heterocycles. The molecule has 1 N–H and O–H groups in total. The number of aromatic nitrogens is 1. The fourth-order valence-electron chi connectivity index (χ4n) is 1.99. The van der Waals surface area contributed by atoms with Crippen LogP contribution in [0.4, 0.5) is 0 Å². The van der Waals surface area contributed by atoms with E-state index in [9.17, 15) is 4.79 Å². The Hall–Kier alpha value is -2.30. The molecule has 0 aliphatic carbocycles. The molecule has 0 aliphatic heterocycles. The van der Waals surface area contributed by atoms with E-state index >= 15 is 0 Å². The summed E-state index contributed by atoms with van der Waals surface area (Å²) in [6, 6.07) is 4.02. The molecule has 0 unspecified atom stereocenters. The lowest BCUT2D eigenvalue weighted by Crippen LogP contribution is -2.00. The van der Waals surface area contributed by atoms with Crippen molar-refractivity contribution in [2.45, 2.75) is 34.3 Å². The summed E-state index contributed by atoms with van der Waals surface area (Å²) in [5.74, 6) is -0.205. The molecule has 106 valence electrons. The zero-order valence-corrected chi connectivity index (χ0v) is 12.0. The van der Waals surface area contributed by atoms with E-state index in [2.05, 4.69) is 4.98 Å². The van der Waals surface area contributed by atoms with Gasteiger partial charge >= 0.3 is 5.97 Å². The third kappa shape index (κ3) is 2.66. The maximum absolute atomic E-state index is 10.9. The van der Waals surface area contributed by atoms with Crippen LogP contribution in [0, 0.1) is 27.7 Å². The Morgan fingerprint density at radius 3 is 2.50 bits per heavy atom. The average molecular weight is 275 g/mol. The van der Waals surface area contributed by atoms with E-state index in [-0.39, 0.29) is 18.3 Å². The molecule has 0 radical (unpaired) electrons. The number of aryl methyl sites for hydroxylation is 3. The van der Waals surface area contributed by atoms with Gasteiger partial charge in [-0.25, -0.2) is 9.78 Å². The zero-order valence-electron chi connectivity index (χ0n) is 12.0. The van der Waals surface area contributed by atoms with Gasteiger partial charge in [0.2, 0.25) is 11.7 Å². The molecule has 0 bridgehead atoms. The second kappa shape index (κ2) is 5.36. The van der Waals surface area contributed by atoms with Crippen molar-refractivity contribution >= 4 is 5.97 Å². The number of hydrogen-bond donors (Lipinski definition) is 1. The lowest BCUT2D eigenvalue weighted by atomic mass is 10.1. The maximum atomic E-state index is 10.9. The summed E-state index contributed by atoms with van der Waals surface area (Å²) < 4.78 is 10.9.